The summed E-state index contributed by atoms with van der Waals surface area (Å²) in [5.74, 6) is 1.48. The molecule has 1 aliphatic heterocycles. The lowest BCUT2D eigenvalue weighted by Gasteiger charge is -2.24. The molecule has 0 amide bonds. The number of rotatable bonds is 10. The topological polar surface area (TPSA) is 96.9 Å². The predicted octanol–water partition coefficient (Wildman–Crippen LogP) is 5.69. The Kier molecular flexibility index (Phi) is 9.22. The number of ether oxygens (including phenoxy) is 3. The van der Waals surface area contributed by atoms with Crippen LogP contribution < -0.4 is 24.4 Å². The smallest absolute Gasteiger partial charge is 0.338 e. The molecule has 3 heterocycles. The van der Waals surface area contributed by atoms with Gasteiger partial charge in [-0.2, -0.15) is 5.10 Å². The number of benzene rings is 3. The van der Waals surface area contributed by atoms with E-state index < -0.39 is 12.0 Å². The number of hydrogen-bond donors (Lipinski definition) is 0. The molecule has 1 unspecified atom stereocenters. The van der Waals surface area contributed by atoms with Gasteiger partial charge in [0.05, 0.1) is 48.4 Å². The van der Waals surface area contributed by atoms with E-state index in [9.17, 15) is 9.59 Å². The van der Waals surface area contributed by atoms with Crippen LogP contribution in [0.5, 0.6) is 11.5 Å². The van der Waals surface area contributed by atoms with Gasteiger partial charge in [-0.3, -0.25) is 9.36 Å². The Hall–Kier alpha value is -5.22. The zero-order valence-electron chi connectivity index (χ0n) is 27.0. The molecule has 10 heteroatoms. The highest BCUT2D eigenvalue weighted by Crippen LogP contribution is 2.32. The highest BCUT2D eigenvalue weighted by molar-refractivity contribution is 7.07. The fourth-order valence-corrected chi connectivity index (χ4v) is 6.52. The summed E-state index contributed by atoms with van der Waals surface area (Å²) in [6.45, 7) is 6.76. The van der Waals surface area contributed by atoms with Crippen molar-refractivity contribution in [1.82, 2.24) is 14.3 Å². The molecule has 1 atom stereocenters. The van der Waals surface area contributed by atoms with Crippen molar-refractivity contribution in [1.29, 1.82) is 0 Å². The summed E-state index contributed by atoms with van der Waals surface area (Å²) in [6, 6.07) is 24.3. The van der Waals surface area contributed by atoms with E-state index in [4.69, 9.17) is 19.3 Å². The summed E-state index contributed by atoms with van der Waals surface area (Å²) >= 11 is 1.27. The van der Waals surface area contributed by atoms with E-state index in [1.165, 1.54) is 18.4 Å². The molecule has 1 aliphatic rings. The molecule has 0 aliphatic carbocycles. The third kappa shape index (κ3) is 6.55. The number of hydrogen-bond acceptors (Lipinski definition) is 8. The van der Waals surface area contributed by atoms with Crippen molar-refractivity contribution >= 4 is 23.4 Å². The van der Waals surface area contributed by atoms with Gasteiger partial charge in [-0.25, -0.2) is 14.5 Å². The van der Waals surface area contributed by atoms with E-state index in [2.05, 4.69) is 18.8 Å². The number of thiazole rings is 1. The van der Waals surface area contributed by atoms with E-state index in [-0.39, 0.29) is 5.56 Å². The number of para-hydroxylation sites is 1. The summed E-state index contributed by atoms with van der Waals surface area (Å²) < 4.78 is 20.3. The maximum absolute atomic E-state index is 14.2. The normalized spacial score (nSPS) is 14.6. The van der Waals surface area contributed by atoms with Crippen molar-refractivity contribution < 1.29 is 19.0 Å². The lowest BCUT2D eigenvalue weighted by Crippen LogP contribution is -2.39. The molecular weight excluding hydrogens is 612 g/mol. The van der Waals surface area contributed by atoms with Crippen molar-refractivity contribution in [3.05, 3.63) is 127 Å². The Bertz CT molecular complexity index is 2110. The Morgan fingerprint density at radius 3 is 2.34 bits per heavy atom. The third-order valence-corrected chi connectivity index (χ3v) is 8.98. The minimum atomic E-state index is -0.721. The molecule has 6 rings (SSSR count). The number of esters is 1. The molecule has 5 aromatic rings. The van der Waals surface area contributed by atoms with Crippen molar-refractivity contribution in [2.45, 2.75) is 33.2 Å². The lowest BCUT2D eigenvalue weighted by molar-refractivity contribution is -0.136. The third-order valence-electron chi connectivity index (χ3n) is 8.00. The van der Waals surface area contributed by atoms with Crippen LogP contribution in [0.3, 0.4) is 0 Å². The number of methoxy groups -OCH3 is 2. The molecule has 47 heavy (non-hydrogen) atoms. The van der Waals surface area contributed by atoms with E-state index >= 15 is 0 Å². The van der Waals surface area contributed by atoms with Crippen molar-refractivity contribution in [2.75, 3.05) is 20.8 Å². The highest BCUT2D eigenvalue weighted by atomic mass is 32.1. The molecule has 0 spiro atoms. The molecule has 3 aromatic carbocycles. The van der Waals surface area contributed by atoms with Crippen molar-refractivity contribution in [2.24, 2.45) is 10.9 Å². The Labute approximate surface area is 276 Å². The predicted molar refractivity (Wildman–Crippen MR) is 183 cm³/mol. The molecule has 0 saturated carbocycles. The average molecular weight is 649 g/mol. The SMILES string of the molecule is COC(=O)C1=C(C)N=c2sc(=Cc3cn(-c4ccccc4)nc3-c3ccc(OCCC(C)C)cc3)c(=O)n2C1c1ccc(OC)cc1. The minimum Gasteiger partial charge on any atom is -0.497 e. The standard InChI is InChI=1S/C37H36N4O5S/c1-23(2)19-20-46-30-17-11-25(12-18-30)33-27(22-40(39-33)28-9-7-6-8-10-28)21-31-35(42)41-34(26-13-15-29(44-4)16-14-26)32(36(43)45-5)24(3)38-37(41)47-31/h6-18,21-23,34H,19-20H2,1-5H3. The van der Waals surface area contributed by atoms with Crippen LogP contribution in [0.4, 0.5) is 0 Å². The van der Waals surface area contributed by atoms with Crippen LogP contribution in [0, 0.1) is 5.92 Å². The second-order valence-electron chi connectivity index (χ2n) is 11.6. The summed E-state index contributed by atoms with van der Waals surface area (Å²) in [5, 5.41) is 4.95. The van der Waals surface area contributed by atoms with Crippen LogP contribution >= 0.6 is 11.3 Å². The van der Waals surface area contributed by atoms with Crippen LogP contribution in [-0.2, 0) is 9.53 Å². The highest BCUT2D eigenvalue weighted by Gasteiger charge is 2.33. The quantitative estimate of drug-likeness (QED) is 0.181. The summed E-state index contributed by atoms with van der Waals surface area (Å²) in [6.07, 6.45) is 4.74. The van der Waals surface area contributed by atoms with Gasteiger partial charge >= 0.3 is 5.97 Å². The monoisotopic (exact) mass is 648 g/mol. The second-order valence-corrected chi connectivity index (χ2v) is 12.6. The Balaban J connectivity index is 1.47. The average Bonchev–Trinajstić information content (AvgIpc) is 3.64. The first-order chi connectivity index (χ1) is 22.8. The number of nitrogens with zero attached hydrogens (tertiary/aromatic N) is 4. The molecule has 9 nitrogen and oxygen atoms in total. The minimum absolute atomic E-state index is 0.268. The number of carbonyl (C=O) groups excluding carboxylic acids is 1. The summed E-state index contributed by atoms with van der Waals surface area (Å²) in [5.41, 5.74) is 4.53. The van der Waals surface area contributed by atoms with Gasteiger partial charge in [0, 0.05) is 17.3 Å². The number of fused-ring (bicyclic) bond motifs is 1. The number of aromatic nitrogens is 3. The fourth-order valence-electron chi connectivity index (χ4n) is 5.49. The number of carbonyl (C=O) groups is 1. The fraction of sp³-hybridized carbons (Fsp3) is 0.243. The van der Waals surface area contributed by atoms with Crippen molar-refractivity contribution in [3.8, 4) is 28.4 Å². The van der Waals surface area contributed by atoms with Gasteiger partial charge in [0.1, 0.15) is 17.2 Å². The van der Waals surface area contributed by atoms with Gasteiger partial charge in [-0.1, -0.05) is 55.5 Å². The van der Waals surface area contributed by atoms with Crippen LogP contribution in [0.2, 0.25) is 0 Å². The zero-order chi connectivity index (χ0) is 33.1. The first-order valence-electron chi connectivity index (χ1n) is 15.4. The van der Waals surface area contributed by atoms with Crippen LogP contribution in [-0.4, -0.2) is 41.1 Å². The largest absolute Gasteiger partial charge is 0.497 e. The van der Waals surface area contributed by atoms with E-state index in [0.717, 1.165) is 34.5 Å². The first kappa shape index (κ1) is 31.7. The molecule has 2 aromatic heterocycles. The van der Waals surface area contributed by atoms with E-state index in [0.29, 0.717) is 44.6 Å². The van der Waals surface area contributed by atoms with Crippen molar-refractivity contribution in [3.63, 3.8) is 0 Å². The maximum Gasteiger partial charge on any atom is 0.338 e. The van der Waals surface area contributed by atoms with Crippen LogP contribution in [0.25, 0.3) is 23.0 Å². The van der Waals surface area contributed by atoms with Crippen LogP contribution in [0.1, 0.15) is 44.4 Å². The second kappa shape index (κ2) is 13.6. The molecule has 0 N–H and O–H groups in total. The molecule has 0 saturated heterocycles. The van der Waals surface area contributed by atoms with Gasteiger partial charge in [-0.15, -0.1) is 0 Å². The number of allylic oxidation sites excluding steroid dienone is 1. The first-order valence-corrected chi connectivity index (χ1v) is 16.2. The molecular formula is C37H36N4O5S. The maximum atomic E-state index is 14.2. The van der Waals surface area contributed by atoms with Gasteiger partial charge < -0.3 is 14.2 Å². The van der Waals surface area contributed by atoms with Gasteiger partial charge in [0.2, 0.25) is 0 Å². The molecule has 240 valence electrons. The van der Waals surface area contributed by atoms with Gasteiger partial charge in [0.15, 0.2) is 4.80 Å². The zero-order valence-corrected chi connectivity index (χ0v) is 27.8. The van der Waals surface area contributed by atoms with E-state index in [1.54, 1.807) is 30.7 Å². The van der Waals surface area contributed by atoms with E-state index in [1.807, 2.05) is 83.7 Å². The van der Waals surface area contributed by atoms with Gasteiger partial charge in [-0.05, 0) is 79.4 Å². The summed E-state index contributed by atoms with van der Waals surface area (Å²) in [7, 11) is 2.92. The molecule has 0 fully saturated rings. The molecule has 0 radical (unpaired) electrons. The lowest BCUT2D eigenvalue weighted by atomic mass is 9.96. The Morgan fingerprint density at radius 1 is 0.979 bits per heavy atom. The van der Waals surface area contributed by atoms with Crippen LogP contribution in [0.15, 0.2) is 106 Å². The summed E-state index contributed by atoms with van der Waals surface area (Å²) in [4.78, 5) is 32.5. The Morgan fingerprint density at radius 2 is 1.68 bits per heavy atom. The van der Waals surface area contributed by atoms with Gasteiger partial charge in [0.25, 0.3) is 5.56 Å². The molecule has 0 bridgehead atoms.